The molecule has 1 aliphatic rings. The van der Waals surface area contributed by atoms with Crippen LogP contribution in [0.15, 0.2) is 6.33 Å². The smallest absolute Gasteiger partial charge is 0.254 e. The molecule has 1 saturated carbocycles. The summed E-state index contributed by atoms with van der Waals surface area (Å²) in [7, 11) is 0. The topological polar surface area (TPSA) is 61.0 Å². The molecule has 15 heavy (non-hydrogen) atoms. The van der Waals surface area contributed by atoms with E-state index in [0.29, 0.717) is 5.69 Å². The zero-order chi connectivity index (χ0) is 10.8. The van der Waals surface area contributed by atoms with E-state index in [9.17, 15) is 4.39 Å². The second-order valence-corrected chi connectivity index (χ2v) is 3.89. The quantitative estimate of drug-likeness (QED) is 0.798. The van der Waals surface area contributed by atoms with Crippen LogP contribution in [0.5, 0.6) is 5.88 Å². The molecule has 1 aromatic heterocycles. The van der Waals surface area contributed by atoms with Crippen LogP contribution in [0.4, 0.5) is 4.39 Å². The maximum absolute atomic E-state index is 13.5. The minimum Gasteiger partial charge on any atom is -0.472 e. The Balaban J connectivity index is 2.07. The predicted octanol–water partition coefficient (Wildman–Crippen LogP) is 1.18. The molecule has 5 heteroatoms. The normalized spacial score (nSPS) is 25.5. The third-order valence-corrected chi connectivity index (χ3v) is 2.64. The van der Waals surface area contributed by atoms with Crippen molar-refractivity contribution in [2.24, 2.45) is 5.73 Å². The van der Waals surface area contributed by atoms with Crippen LogP contribution in [0.1, 0.15) is 25.0 Å². The van der Waals surface area contributed by atoms with Crippen LogP contribution in [0.2, 0.25) is 0 Å². The molecule has 0 spiro atoms. The molecule has 1 heterocycles. The fourth-order valence-corrected chi connectivity index (χ4v) is 1.76. The molecule has 1 aliphatic carbocycles. The minimum absolute atomic E-state index is 0.0104. The minimum atomic E-state index is -0.474. The van der Waals surface area contributed by atoms with E-state index in [-0.39, 0.29) is 18.0 Å². The second kappa shape index (κ2) is 4.10. The lowest BCUT2D eigenvalue weighted by atomic mass is 10.3. The number of aryl methyl sites for hydroxylation is 1. The van der Waals surface area contributed by atoms with E-state index >= 15 is 0 Å². The third-order valence-electron chi connectivity index (χ3n) is 2.64. The predicted molar refractivity (Wildman–Crippen MR) is 53.0 cm³/mol. The number of ether oxygens (including phenoxy) is 1. The van der Waals surface area contributed by atoms with Gasteiger partial charge in [0, 0.05) is 6.04 Å². The molecule has 82 valence electrons. The second-order valence-electron chi connectivity index (χ2n) is 3.89. The van der Waals surface area contributed by atoms with E-state index in [2.05, 4.69) is 9.97 Å². The molecule has 0 aliphatic heterocycles. The first-order chi connectivity index (χ1) is 7.16. The Kier molecular flexibility index (Phi) is 2.81. The number of rotatable bonds is 2. The van der Waals surface area contributed by atoms with Gasteiger partial charge in [-0.15, -0.1) is 0 Å². The Morgan fingerprint density at radius 2 is 2.27 bits per heavy atom. The Bertz CT molecular complexity index is 359. The molecule has 1 fully saturated rings. The van der Waals surface area contributed by atoms with Crippen LogP contribution >= 0.6 is 0 Å². The van der Waals surface area contributed by atoms with Crippen LogP contribution in [0.3, 0.4) is 0 Å². The molecular formula is C10H14FN3O. The monoisotopic (exact) mass is 211 g/mol. The average molecular weight is 211 g/mol. The zero-order valence-corrected chi connectivity index (χ0v) is 8.61. The van der Waals surface area contributed by atoms with Gasteiger partial charge in [0.25, 0.3) is 5.88 Å². The van der Waals surface area contributed by atoms with Crippen molar-refractivity contribution in [3.63, 3.8) is 0 Å². The lowest BCUT2D eigenvalue weighted by Gasteiger charge is -2.12. The van der Waals surface area contributed by atoms with Crippen LogP contribution in [0, 0.1) is 12.7 Å². The summed E-state index contributed by atoms with van der Waals surface area (Å²) in [6.45, 7) is 1.59. The van der Waals surface area contributed by atoms with Crippen molar-refractivity contribution in [2.45, 2.75) is 38.3 Å². The van der Waals surface area contributed by atoms with Gasteiger partial charge in [0.1, 0.15) is 12.4 Å². The van der Waals surface area contributed by atoms with Gasteiger partial charge in [0.15, 0.2) is 0 Å². The van der Waals surface area contributed by atoms with Crippen molar-refractivity contribution in [1.82, 2.24) is 9.97 Å². The lowest BCUT2D eigenvalue weighted by Crippen LogP contribution is -2.20. The summed E-state index contributed by atoms with van der Waals surface area (Å²) < 4.78 is 18.9. The van der Waals surface area contributed by atoms with Crippen LogP contribution in [-0.2, 0) is 0 Å². The van der Waals surface area contributed by atoms with Gasteiger partial charge in [-0.3, -0.25) is 0 Å². The van der Waals surface area contributed by atoms with Crippen molar-refractivity contribution in [1.29, 1.82) is 0 Å². The lowest BCUT2D eigenvalue weighted by molar-refractivity contribution is 0.189. The van der Waals surface area contributed by atoms with E-state index in [1.165, 1.54) is 6.33 Å². The SMILES string of the molecule is Cc1ncnc(OC2CCC(N)C2)c1F. The largest absolute Gasteiger partial charge is 0.472 e. The van der Waals surface area contributed by atoms with Crippen molar-refractivity contribution in [2.75, 3.05) is 0 Å². The first-order valence-electron chi connectivity index (χ1n) is 5.06. The highest BCUT2D eigenvalue weighted by Crippen LogP contribution is 2.24. The third kappa shape index (κ3) is 2.23. The van der Waals surface area contributed by atoms with Crippen molar-refractivity contribution < 1.29 is 9.13 Å². The molecule has 0 radical (unpaired) electrons. The van der Waals surface area contributed by atoms with Gasteiger partial charge in [0.2, 0.25) is 5.82 Å². The summed E-state index contributed by atoms with van der Waals surface area (Å²) >= 11 is 0. The summed E-state index contributed by atoms with van der Waals surface area (Å²) in [5, 5.41) is 0. The zero-order valence-electron chi connectivity index (χ0n) is 8.61. The highest BCUT2D eigenvalue weighted by Gasteiger charge is 2.24. The molecular weight excluding hydrogens is 197 g/mol. The molecule has 0 bridgehead atoms. The van der Waals surface area contributed by atoms with Crippen LogP contribution in [0.25, 0.3) is 0 Å². The number of halogens is 1. The number of nitrogens with zero attached hydrogens (tertiary/aromatic N) is 2. The summed E-state index contributed by atoms with van der Waals surface area (Å²) in [5.41, 5.74) is 6.05. The molecule has 0 aromatic carbocycles. The Labute approximate surface area is 87.7 Å². The summed E-state index contributed by atoms with van der Waals surface area (Å²) in [6.07, 6.45) is 3.86. The molecule has 2 N–H and O–H groups in total. The number of hydrogen-bond donors (Lipinski definition) is 1. The van der Waals surface area contributed by atoms with Gasteiger partial charge in [-0.1, -0.05) is 0 Å². The average Bonchev–Trinajstić information content (AvgIpc) is 2.59. The van der Waals surface area contributed by atoms with Crippen LogP contribution in [-0.4, -0.2) is 22.1 Å². The Hall–Kier alpha value is -1.23. The Morgan fingerprint density at radius 1 is 1.47 bits per heavy atom. The summed E-state index contributed by atoms with van der Waals surface area (Å²) in [6, 6.07) is 0.168. The molecule has 2 atom stereocenters. The number of nitrogens with two attached hydrogens (primary N) is 1. The van der Waals surface area contributed by atoms with Crippen LogP contribution < -0.4 is 10.5 Å². The summed E-state index contributed by atoms with van der Waals surface area (Å²) in [4.78, 5) is 7.52. The number of aromatic nitrogens is 2. The van der Waals surface area contributed by atoms with Gasteiger partial charge in [-0.05, 0) is 26.2 Å². The molecule has 4 nitrogen and oxygen atoms in total. The maximum atomic E-state index is 13.5. The summed E-state index contributed by atoms with van der Waals surface area (Å²) in [5.74, 6) is -0.431. The molecule has 2 unspecified atom stereocenters. The van der Waals surface area contributed by atoms with E-state index in [4.69, 9.17) is 10.5 Å². The highest BCUT2D eigenvalue weighted by atomic mass is 19.1. The maximum Gasteiger partial charge on any atom is 0.254 e. The first-order valence-corrected chi connectivity index (χ1v) is 5.06. The molecule has 2 rings (SSSR count). The van der Waals surface area contributed by atoms with Crippen molar-refractivity contribution in [3.05, 3.63) is 17.8 Å². The van der Waals surface area contributed by atoms with Gasteiger partial charge < -0.3 is 10.5 Å². The van der Waals surface area contributed by atoms with Gasteiger partial charge >= 0.3 is 0 Å². The fraction of sp³-hybridized carbons (Fsp3) is 0.600. The van der Waals surface area contributed by atoms with Crippen molar-refractivity contribution in [3.8, 4) is 5.88 Å². The van der Waals surface area contributed by atoms with Gasteiger partial charge in [-0.25, -0.2) is 4.98 Å². The van der Waals surface area contributed by atoms with E-state index in [1.807, 2.05) is 0 Å². The van der Waals surface area contributed by atoms with E-state index in [1.54, 1.807) is 6.92 Å². The van der Waals surface area contributed by atoms with E-state index < -0.39 is 5.82 Å². The van der Waals surface area contributed by atoms with Crippen molar-refractivity contribution >= 4 is 0 Å². The molecule has 1 aromatic rings. The number of hydrogen-bond acceptors (Lipinski definition) is 4. The van der Waals surface area contributed by atoms with Gasteiger partial charge in [-0.2, -0.15) is 9.37 Å². The highest BCUT2D eigenvalue weighted by molar-refractivity contribution is 5.16. The standard InChI is InChI=1S/C10H14FN3O/c1-6-9(11)10(14-5-13-6)15-8-3-2-7(12)4-8/h5,7-8H,2-4,12H2,1H3. The first kappa shape index (κ1) is 10.3. The van der Waals surface area contributed by atoms with Gasteiger partial charge in [0.05, 0.1) is 5.69 Å². The Morgan fingerprint density at radius 3 is 2.93 bits per heavy atom. The fourth-order valence-electron chi connectivity index (χ4n) is 1.76. The van der Waals surface area contributed by atoms with E-state index in [0.717, 1.165) is 19.3 Å². The molecule has 0 saturated heterocycles. The molecule has 0 amide bonds.